The van der Waals surface area contributed by atoms with Crippen molar-refractivity contribution in [2.24, 2.45) is 0 Å². The Hall–Kier alpha value is -1.16. The fourth-order valence-corrected chi connectivity index (χ4v) is 2.53. The maximum atomic E-state index is 11.1. The summed E-state index contributed by atoms with van der Waals surface area (Å²) in [7, 11) is 0. The first-order valence-electron chi connectivity index (χ1n) is 6.29. The van der Waals surface area contributed by atoms with Gasteiger partial charge in [-0.1, -0.05) is 0 Å². The molecule has 0 bridgehead atoms. The van der Waals surface area contributed by atoms with Crippen molar-refractivity contribution < 1.29 is 9.21 Å². The van der Waals surface area contributed by atoms with E-state index in [2.05, 4.69) is 23.7 Å². The smallest absolute Gasteiger partial charge is 0.196 e. The molecule has 0 aromatic carbocycles. The minimum atomic E-state index is -0.0594. The van der Waals surface area contributed by atoms with Gasteiger partial charge in [-0.2, -0.15) is 0 Å². The van der Waals surface area contributed by atoms with Crippen LogP contribution in [0.15, 0.2) is 10.6 Å². The quantitative estimate of drug-likeness (QED) is 0.752. The molecule has 0 amide bonds. The van der Waals surface area contributed by atoms with Crippen LogP contribution in [0, 0.1) is 0 Å². The summed E-state index contributed by atoms with van der Waals surface area (Å²) in [4.78, 5) is 17.8. The van der Waals surface area contributed by atoms with Gasteiger partial charge in [0, 0.05) is 25.4 Å². The number of Topliss-reactive ketones (excluding diaryl/α,β-unsaturated/α-hetero) is 1. The number of rotatable bonds is 4. The summed E-state index contributed by atoms with van der Waals surface area (Å²) < 4.78 is 5.45. The highest BCUT2D eigenvalue weighted by molar-refractivity contribution is 5.90. The van der Waals surface area contributed by atoms with E-state index in [4.69, 9.17) is 4.42 Å². The molecule has 0 N–H and O–H groups in total. The molecular formula is C13H20N2O2. The maximum absolute atomic E-state index is 11.1. The molecule has 4 nitrogen and oxygen atoms in total. The van der Waals surface area contributed by atoms with Crippen LogP contribution in [0.5, 0.6) is 0 Å². The van der Waals surface area contributed by atoms with Gasteiger partial charge >= 0.3 is 0 Å². The Balaban J connectivity index is 2.02. The van der Waals surface area contributed by atoms with Crippen LogP contribution in [-0.4, -0.2) is 34.3 Å². The molecular weight excluding hydrogens is 216 g/mol. The molecule has 1 fully saturated rings. The minimum Gasteiger partial charge on any atom is -0.438 e. The predicted molar refractivity (Wildman–Crippen MR) is 65.1 cm³/mol. The summed E-state index contributed by atoms with van der Waals surface area (Å²) in [6.45, 7) is 7.09. The van der Waals surface area contributed by atoms with Crippen LogP contribution in [-0.2, 0) is 6.42 Å². The van der Waals surface area contributed by atoms with Gasteiger partial charge in [0.05, 0.1) is 6.20 Å². The van der Waals surface area contributed by atoms with Crippen molar-refractivity contribution in [3.8, 4) is 0 Å². The van der Waals surface area contributed by atoms with E-state index in [1.165, 1.54) is 26.0 Å². The first-order valence-corrected chi connectivity index (χ1v) is 6.29. The molecule has 94 valence electrons. The number of hydrogen-bond acceptors (Lipinski definition) is 4. The lowest BCUT2D eigenvalue weighted by molar-refractivity contribution is 0.0984. The van der Waals surface area contributed by atoms with Crippen LogP contribution in [0.25, 0.3) is 0 Å². The molecule has 4 heteroatoms. The number of oxazole rings is 1. The number of ketones is 1. The van der Waals surface area contributed by atoms with Crippen molar-refractivity contribution in [2.75, 3.05) is 6.54 Å². The highest BCUT2D eigenvalue weighted by Gasteiger charge is 2.28. The molecule has 1 unspecified atom stereocenters. The van der Waals surface area contributed by atoms with Crippen LogP contribution in [0.4, 0.5) is 0 Å². The Bertz CT molecular complexity index is 398. The van der Waals surface area contributed by atoms with E-state index >= 15 is 0 Å². The SMILES string of the molecule is CC(=O)c1cnc(CC2CCCN2C(C)C)o1. The first kappa shape index (κ1) is 12.3. The van der Waals surface area contributed by atoms with Crippen molar-refractivity contribution in [2.45, 2.75) is 52.1 Å². The number of likely N-dealkylation sites (tertiary alicyclic amines) is 1. The zero-order valence-corrected chi connectivity index (χ0v) is 10.8. The standard InChI is InChI=1S/C13H20N2O2/c1-9(2)15-6-4-5-11(15)7-13-14-8-12(17-13)10(3)16/h8-9,11H,4-7H2,1-3H3. The van der Waals surface area contributed by atoms with Crippen molar-refractivity contribution in [3.63, 3.8) is 0 Å². The fraction of sp³-hybridized carbons (Fsp3) is 0.692. The molecule has 0 radical (unpaired) electrons. The van der Waals surface area contributed by atoms with E-state index in [1.807, 2.05) is 0 Å². The maximum Gasteiger partial charge on any atom is 0.196 e. The highest BCUT2D eigenvalue weighted by Crippen LogP contribution is 2.23. The molecule has 1 aliphatic rings. The first-order chi connectivity index (χ1) is 8.08. The number of hydrogen-bond donors (Lipinski definition) is 0. The zero-order valence-electron chi connectivity index (χ0n) is 10.8. The number of aromatic nitrogens is 1. The molecule has 17 heavy (non-hydrogen) atoms. The molecule has 1 aromatic rings. The van der Waals surface area contributed by atoms with Gasteiger partial charge in [0.25, 0.3) is 0 Å². The Kier molecular flexibility index (Phi) is 3.62. The van der Waals surface area contributed by atoms with E-state index in [-0.39, 0.29) is 5.78 Å². The van der Waals surface area contributed by atoms with Crippen LogP contribution in [0.1, 0.15) is 50.1 Å². The molecule has 0 saturated carbocycles. The second-order valence-corrected chi connectivity index (χ2v) is 5.01. The lowest BCUT2D eigenvalue weighted by Crippen LogP contribution is -2.36. The molecule has 1 aromatic heterocycles. The fourth-order valence-electron chi connectivity index (χ4n) is 2.53. The summed E-state index contributed by atoms with van der Waals surface area (Å²) in [6.07, 6.45) is 4.77. The highest BCUT2D eigenvalue weighted by atomic mass is 16.4. The largest absolute Gasteiger partial charge is 0.438 e. The van der Waals surface area contributed by atoms with Crippen molar-refractivity contribution >= 4 is 5.78 Å². The van der Waals surface area contributed by atoms with Gasteiger partial charge in [-0.25, -0.2) is 4.98 Å². The lowest BCUT2D eigenvalue weighted by atomic mass is 10.1. The van der Waals surface area contributed by atoms with E-state index in [0.29, 0.717) is 23.7 Å². The van der Waals surface area contributed by atoms with E-state index in [0.717, 1.165) is 13.0 Å². The van der Waals surface area contributed by atoms with Crippen LogP contribution < -0.4 is 0 Å². The van der Waals surface area contributed by atoms with Gasteiger partial charge in [-0.15, -0.1) is 0 Å². The number of carbonyl (C=O) groups is 1. The molecule has 2 rings (SSSR count). The van der Waals surface area contributed by atoms with Gasteiger partial charge in [0.15, 0.2) is 17.4 Å². The van der Waals surface area contributed by atoms with Gasteiger partial charge < -0.3 is 4.42 Å². The number of carbonyl (C=O) groups excluding carboxylic acids is 1. The third-order valence-electron chi connectivity index (χ3n) is 3.40. The Morgan fingerprint density at radius 3 is 3.00 bits per heavy atom. The Morgan fingerprint density at radius 2 is 2.41 bits per heavy atom. The van der Waals surface area contributed by atoms with Gasteiger partial charge in [-0.3, -0.25) is 9.69 Å². The monoisotopic (exact) mass is 236 g/mol. The second kappa shape index (κ2) is 5.00. The molecule has 0 aliphatic carbocycles. The molecule has 1 aliphatic heterocycles. The van der Waals surface area contributed by atoms with Crippen LogP contribution in [0.2, 0.25) is 0 Å². The topological polar surface area (TPSA) is 46.3 Å². The van der Waals surface area contributed by atoms with Gasteiger partial charge in [-0.05, 0) is 33.2 Å². The average Bonchev–Trinajstić information content (AvgIpc) is 2.86. The molecule has 2 heterocycles. The summed E-state index contributed by atoms with van der Waals surface area (Å²) in [6, 6.07) is 1.07. The molecule has 1 atom stereocenters. The molecule has 1 saturated heterocycles. The third-order valence-corrected chi connectivity index (χ3v) is 3.40. The Labute approximate surface area is 102 Å². The van der Waals surface area contributed by atoms with Gasteiger partial charge in [0.1, 0.15) is 0 Å². The van der Waals surface area contributed by atoms with Gasteiger partial charge in [0.2, 0.25) is 0 Å². The number of nitrogens with zero attached hydrogens (tertiary/aromatic N) is 2. The average molecular weight is 236 g/mol. The van der Waals surface area contributed by atoms with E-state index < -0.39 is 0 Å². The van der Waals surface area contributed by atoms with Crippen LogP contribution >= 0.6 is 0 Å². The lowest BCUT2D eigenvalue weighted by Gasteiger charge is -2.27. The van der Waals surface area contributed by atoms with Crippen molar-refractivity contribution in [1.82, 2.24) is 9.88 Å². The predicted octanol–water partition coefficient (Wildman–Crippen LogP) is 2.29. The zero-order chi connectivity index (χ0) is 12.4. The van der Waals surface area contributed by atoms with Crippen LogP contribution in [0.3, 0.4) is 0 Å². The minimum absolute atomic E-state index is 0.0594. The Morgan fingerprint density at radius 1 is 1.65 bits per heavy atom. The summed E-state index contributed by atoms with van der Waals surface area (Å²) in [5.41, 5.74) is 0. The normalized spacial score (nSPS) is 21.3. The van der Waals surface area contributed by atoms with E-state index in [9.17, 15) is 4.79 Å². The molecule has 0 spiro atoms. The second-order valence-electron chi connectivity index (χ2n) is 5.01. The third kappa shape index (κ3) is 2.75. The van der Waals surface area contributed by atoms with E-state index in [1.54, 1.807) is 0 Å². The summed E-state index contributed by atoms with van der Waals surface area (Å²) in [5, 5.41) is 0. The summed E-state index contributed by atoms with van der Waals surface area (Å²) >= 11 is 0. The van der Waals surface area contributed by atoms with Crippen molar-refractivity contribution in [1.29, 1.82) is 0 Å². The summed E-state index contributed by atoms with van der Waals surface area (Å²) in [5.74, 6) is 0.998. The van der Waals surface area contributed by atoms with Crippen molar-refractivity contribution in [3.05, 3.63) is 17.8 Å².